The van der Waals surface area contributed by atoms with Crippen molar-refractivity contribution in [2.24, 2.45) is 5.73 Å². The Balaban J connectivity index is 2.20. The van der Waals surface area contributed by atoms with Crippen LogP contribution in [0.5, 0.6) is 0 Å². The fraction of sp³-hybridized carbons (Fsp3) is 0.357. The number of carbonyl (C=O) groups is 3. The van der Waals surface area contributed by atoms with E-state index in [1.165, 1.54) is 17.0 Å². The summed E-state index contributed by atoms with van der Waals surface area (Å²) >= 11 is 0. The van der Waals surface area contributed by atoms with E-state index in [9.17, 15) is 14.4 Å². The fourth-order valence-corrected chi connectivity index (χ4v) is 2.24. The molecule has 0 aromatic heterocycles. The highest BCUT2D eigenvalue weighted by atomic mass is 16.5. The topological polar surface area (TPSA) is 110 Å². The van der Waals surface area contributed by atoms with E-state index in [-0.39, 0.29) is 24.1 Å². The summed E-state index contributed by atoms with van der Waals surface area (Å²) in [7, 11) is 0. The van der Waals surface area contributed by atoms with Crippen LogP contribution in [-0.2, 0) is 9.53 Å². The second kappa shape index (κ2) is 5.92. The number of rotatable bonds is 3. The highest BCUT2D eigenvalue weighted by Gasteiger charge is 2.33. The molecule has 1 unspecified atom stereocenters. The third-order valence-electron chi connectivity index (χ3n) is 3.22. The number of morpholine rings is 1. The zero-order chi connectivity index (χ0) is 15.6. The predicted octanol–water partition coefficient (Wildman–Crippen LogP) is 0.0996. The number of hydrogen-bond acceptors (Lipinski definition) is 4. The summed E-state index contributed by atoms with van der Waals surface area (Å²) in [6, 6.07) is 6.04. The van der Waals surface area contributed by atoms with Gasteiger partial charge in [0.2, 0.25) is 5.91 Å². The average molecular weight is 292 g/mol. The number of hydrogen-bond donors (Lipinski definition) is 2. The van der Waals surface area contributed by atoms with Gasteiger partial charge in [0, 0.05) is 17.7 Å². The van der Waals surface area contributed by atoms with Crippen LogP contribution in [0.2, 0.25) is 0 Å². The Kier molecular flexibility index (Phi) is 4.23. The number of ether oxygens (including phenoxy) is 1. The van der Waals surface area contributed by atoms with E-state index in [0.717, 1.165) is 0 Å². The number of carboxylic acids is 1. The molecule has 1 heterocycles. The van der Waals surface area contributed by atoms with Gasteiger partial charge >= 0.3 is 5.97 Å². The Morgan fingerprint density at radius 2 is 1.95 bits per heavy atom. The van der Waals surface area contributed by atoms with E-state index in [0.29, 0.717) is 12.1 Å². The Morgan fingerprint density at radius 3 is 2.57 bits per heavy atom. The Morgan fingerprint density at radius 1 is 1.29 bits per heavy atom. The van der Waals surface area contributed by atoms with Crippen LogP contribution in [0, 0.1) is 0 Å². The molecule has 0 bridgehead atoms. The number of benzene rings is 1. The smallest absolute Gasteiger partial charge is 0.334 e. The number of aliphatic carboxylic acids is 1. The number of carbonyl (C=O) groups excluding carboxylic acids is 2. The normalized spacial score (nSPS) is 21.9. The summed E-state index contributed by atoms with van der Waals surface area (Å²) in [6.45, 7) is 1.97. The summed E-state index contributed by atoms with van der Waals surface area (Å²) in [5, 5.41) is 9.02. The van der Waals surface area contributed by atoms with Crippen molar-refractivity contribution in [3.05, 3.63) is 35.4 Å². The Bertz CT molecular complexity index is 586. The van der Waals surface area contributed by atoms with E-state index in [2.05, 4.69) is 0 Å². The van der Waals surface area contributed by atoms with Gasteiger partial charge in [0.15, 0.2) is 6.10 Å². The van der Waals surface area contributed by atoms with Crippen molar-refractivity contribution in [1.82, 2.24) is 4.90 Å². The van der Waals surface area contributed by atoms with Crippen LogP contribution >= 0.6 is 0 Å². The van der Waals surface area contributed by atoms with Gasteiger partial charge in [-0.1, -0.05) is 6.07 Å². The molecule has 1 aliphatic heterocycles. The molecule has 0 saturated carbocycles. The van der Waals surface area contributed by atoms with E-state index in [1.807, 2.05) is 0 Å². The molecule has 3 N–H and O–H groups in total. The van der Waals surface area contributed by atoms with Crippen LogP contribution in [0.3, 0.4) is 0 Å². The molecule has 112 valence electrons. The molecule has 7 nitrogen and oxygen atoms in total. The third kappa shape index (κ3) is 3.38. The minimum atomic E-state index is -1.11. The molecule has 2 amide bonds. The van der Waals surface area contributed by atoms with Crippen molar-refractivity contribution < 1.29 is 24.2 Å². The van der Waals surface area contributed by atoms with Gasteiger partial charge in [0.05, 0.1) is 12.6 Å². The zero-order valence-corrected chi connectivity index (χ0v) is 11.5. The second-order valence-electron chi connectivity index (χ2n) is 4.93. The standard InChI is InChI=1S/C14H16N2O5/c1-8-6-16(7-11(21-8)14(19)20)13(18)10-4-2-3-9(5-10)12(15)17/h2-5,8,11H,6-7H2,1H3,(H2,15,17)(H,19,20)/t8-,11?/m1/s1. The van der Waals surface area contributed by atoms with Gasteiger partial charge in [-0.3, -0.25) is 9.59 Å². The van der Waals surface area contributed by atoms with Gasteiger partial charge < -0.3 is 20.5 Å². The molecule has 1 aromatic rings. The van der Waals surface area contributed by atoms with Crippen LogP contribution in [0.15, 0.2) is 24.3 Å². The molecule has 2 rings (SSSR count). The van der Waals surface area contributed by atoms with Crippen molar-refractivity contribution in [3.63, 3.8) is 0 Å². The molecule has 7 heteroatoms. The number of carboxylic acid groups (broad SMARTS) is 1. The monoisotopic (exact) mass is 292 g/mol. The SMILES string of the molecule is C[C@@H]1CN(C(=O)c2cccc(C(N)=O)c2)CC(C(=O)O)O1. The van der Waals surface area contributed by atoms with Crippen LogP contribution in [0.4, 0.5) is 0 Å². The fourth-order valence-electron chi connectivity index (χ4n) is 2.24. The van der Waals surface area contributed by atoms with Crippen molar-refractivity contribution in [1.29, 1.82) is 0 Å². The van der Waals surface area contributed by atoms with Gasteiger partial charge in [0.25, 0.3) is 5.91 Å². The quantitative estimate of drug-likeness (QED) is 0.821. The maximum atomic E-state index is 12.4. The minimum absolute atomic E-state index is 0.0285. The van der Waals surface area contributed by atoms with Crippen molar-refractivity contribution >= 4 is 17.8 Å². The molecular weight excluding hydrogens is 276 g/mol. The van der Waals surface area contributed by atoms with Crippen molar-refractivity contribution in [2.75, 3.05) is 13.1 Å². The first-order valence-electron chi connectivity index (χ1n) is 6.46. The Labute approximate surface area is 121 Å². The molecule has 2 atom stereocenters. The molecular formula is C14H16N2O5. The van der Waals surface area contributed by atoms with Crippen LogP contribution < -0.4 is 5.73 Å². The second-order valence-corrected chi connectivity index (χ2v) is 4.93. The summed E-state index contributed by atoms with van der Waals surface area (Å²) in [5.41, 5.74) is 5.71. The maximum absolute atomic E-state index is 12.4. The average Bonchev–Trinajstić information content (AvgIpc) is 2.45. The number of nitrogens with zero attached hydrogens (tertiary/aromatic N) is 1. The third-order valence-corrected chi connectivity index (χ3v) is 3.22. The first-order valence-corrected chi connectivity index (χ1v) is 6.46. The van der Waals surface area contributed by atoms with Gasteiger partial charge in [0.1, 0.15) is 0 Å². The summed E-state index contributed by atoms with van der Waals surface area (Å²) in [4.78, 5) is 36.0. The molecule has 21 heavy (non-hydrogen) atoms. The first-order chi connectivity index (χ1) is 9.88. The van der Waals surface area contributed by atoms with E-state index in [1.54, 1.807) is 19.1 Å². The van der Waals surface area contributed by atoms with Crippen molar-refractivity contribution in [3.8, 4) is 0 Å². The maximum Gasteiger partial charge on any atom is 0.334 e. The van der Waals surface area contributed by atoms with Gasteiger partial charge in [-0.2, -0.15) is 0 Å². The summed E-state index contributed by atoms with van der Waals surface area (Å²) < 4.78 is 5.26. The lowest BCUT2D eigenvalue weighted by atomic mass is 10.1. The minimum Gasteiger partial charge on any atom is -0.479 e. The lowest BCUT2D eigenvalue weighted by Gasteiger charge is -2.35. The molecule has 0 radical (unpaired) electrons. The lowest BCUT2D eigenvalue weighted by molar-refractivity contribution is -0.160. The molecule has 1 saturated heterocycles. The molecule has 0 aliphatic carbocycles. The van der Waals surface area contributed by atoms with Crippen LogP contribution in [0.25, 0.3) is 0 Å². The molecule has 1 fully saturated rings. The highest BCUT2D eigenvalue weighted by molar-refractivity contribution is 5.99. The van der Waals surface area contributed by atoms with E-state index < -0.39 is 18.0 Å². The van der Waals surface area contributed by atoms with Crippen LogP contribution in [-0.4, -0.2) is 53.1 Å². The molecule has 1 aromatic carbocycles. The van der Waals surface area contributed by atoms with Crippen molar-refractivity contribution in [2.45, 2.75) is 19.1 Å². The Hall–Kier alpha value is -2.41. The van der Waals surface area contributed by atoms with Crippen LogP contribution in [0.1, 0.15) is 27.6 Å². The number of amides is 2. The number of nitrogens with two attached hydrogens (primary N) is 1. The first kappa shape index (κ1) is 15.0. The van der Waals surface area contributed by atoms with Gasteiger partial charge in [-0.05, 0) is 25.1 Å². The molecule has 1 aliphatic rings. The predicted molar refractivity (Wildman–Crippen MR) is 72.8 cm³/mol. The van der Waals surface area contributed by atoms with Gasteiger partial charge in [-0.25, -0.2) is 4.79 Å². The summed E-state index contributed by atoms with van der Waals surface area (Å²) in [6.07, 6.45) is -1.42. The summed E-state index contributed by atoms with van der Waals surface area (Å²) in [5.74, 6) is -2.08. The lowest BCUT2D eigenvalue weighted by Crippen LogP contribution is -2.51. The molecule has 0 spiro atoms. The highest BCUT2D eigenvalue weighted by Crippen LogP contribution is 2.15. The van der Waals surface area contributed by atoms with E-state index in [4.69, 9.17) is 15.6 Å². The zero-order valence-electron chi connectivity index (χ0n) is 11.5. The largest absolute Gasteiger partial charge is 0.479 e. The van der Waals surface area contributed by atoms with Gasteiger partial charge in [-0.15, -0.1) is 0 Å². The van der Waals surface area contributed by atoms with E-state index >= 15 is 0 Å². The number of primary amides is 1.